The van der Waals surface area contributed by atoms with Gasteiger partial charge in [-0.25, -0.2) is 0 Å². The predicted octanol–water partition coefficient (Wildman–Crippen LogP) is 0.267. The molecule has 16 heavy (non-hydrogen) atoms. The molecule has 1 aromatic rings. The molecule has 92 valence electrons. The first kappa shape index (κ1) is 13.1. The molecular weight excluding hydrogens is 208 g/mol. The molecule has 0 aliphatic carbocycles. The van der Waals surface area contributed by atoms with Gasteiger partial charge in [0, 0.05) is 32.5 Å². The van der Waals surface area contributed by atoms with Crippen LogP contribution in [0, 0.1) is 0 Å². The van der Waals surface area contributed by atoms with E-state index >= 15 is 0 Å². The van der Waals surface area contributed by atoms with Crippen molar-refractivity contribution in [3.8, 4) is 0 Å². The van der Waals surface area contributed by atoms with Crippen molar-refractivity contribution in [3.05, 3.63) is 12.4 Å². The van der Waals surface area contributed by atoms with Gasteiger partial charge in [0.05, 0.1) is 12.7 Å². The molecule has 0 fully saturated rings. The van der Waals surface area contributed by atoms with E-state index in [1.807, 2.05) is 20.0 Å². The first-order valence-electron chi connectivity index (χ1n) is 5.64. The number of aromatic nitrogens is 3. The average Bonchev–Trinajstić information content (AvgIpc) is 2.78. The SMILES string of the molecule is CCOC(CNCCn1ccnn1)OCC. The summed E-state index contributed by atoms with van der Waals surface area (Å²) in [5.41, 5.74) is 0. The molecule has 0 saturated carbocycles. The predicted molar refractivity (Wildman–Crippen MR) is 59.9 cm³/mol. The molecule has 0 unspecified atom stereocenters. The Labute approximate surface area is 95.9 Å². The number of nitrogens with one attached hydrogen (secondary N) is 1. The largest absolute Gasteiger partial charge is 0.352 e. The molecule has 0 amide bonds. The van der Waals surface area contributed by atoms with E-state index in [1.54, 1.807) is 10.9 Å². The van der Waals surface area contributed by atoms with Crippen molar-refractivity contribution < 1.29 is 9.47 Å². The standard InChI is InChI=1S/C10H20N4O2/c1-3-15-10(16-4-2)9-11-5-7-14-8-6-12-13-14/h6,8,10-11H,3-5,7,9H2,1-2H3. The molecule has 0 spiro atoms. The quantitative estimate of drug-likeness (QED) is 0.485. The Kier molecular flexibility index (Phi) is 6.71. The van der Waals surface area contributed by atoms with Crippen LogP contribution in [0.15, 0.2) is 12.4 Å². The summed E-state index contributed by atoms with van der Waals surface area (Å²) in [6, 6.07) is 0. The van der Waals surface area contributed by atoms with Gasteiger partial charge in [0.15, 0.2) is 6.29 Å². The fourth-order valence-electron chi connectivity index (χ4n) is 1.30. The van der Waals surface area contributed by atoms with Crippen LogP contribution >= 0.6 is 0 Å². The van der Waals surface area contributed by atoms with Gasteiger partial charge >= 0.3 is 0 Å². The number of hydrogen-bond donors (Lipinski definition) is 1. The Hall–Kier alpha value is -0.980. The van der Waals surface area contributed by atoms with Crippen LogP contribution < -0.4 is 5.32 Å². The molecule has 0 atom stereocenters. The van der Waals surface area contributed by atoms with Gasteiger partial charge in [-0.05, 0) is 13.8 Å². The molecule has 0 bridgehead atoms. The van der Waals surface area contributed by atoms with Gasteiger partial charge in [0.1, 0.15) is 0 Å². The minimum absolute atomic E-state index is 0.161. The maximum absolute atomic E-state index is 5.40. The molecule has 0 aliphatic rings. The second-order valence-corrected chi connectivity index (χ2v) is 3.21. The summed E-state index contributed by atoms with van der Waals surface area (Å²) >= 11 is 0. The molecule has 0 aromatic carbocycles. The van der Waals surface area contributed by atoms with Gasteiger partial charge in [-0.3, -0.25) is 4.68 Å². The van der Waals surface area contributed by atoms with Crippen LogP contribution in [0.4, 0.5) is 0 Å². The zero-order chi connectivity index (χ0) is 11.6. The third kappa shape index (κ3) is 5.20. The average molecular weight is 228 g/mol. The van der Waals surface area contributed by atoms with Crippen molar-refractivity contribution in [2.75, 3.05) is 26.3 Å². The van der Waals surface area contributed by atoms with Crippen LogP contribution in [0.3, 0.4) is 0 Å². The van der Waals surface area contributed by atoms with Gasteiger partial charge in [-0.2, -0.15) is 0 Å². The smallest absolute Gasteiger partial charge is 0.169 e. The molecule has 0 saturated heterocycles. The summed E-state index contributed by atoms with van der Waals surface area (Å²) in [5.74, 6) is 0. The highest BCUT2D eigenvalue weighted by atomic mass is 16.7. The van der Waals surface area contributed by atoms with Gasteiger partial charge < -0.3 is 14.8 Å². The molecular formula is C10H20N4O2. The first-order chi connectivity index (χ1) is 7.86. The molecule has 1 heterocycles. The Balaban J connectivity index is 2.08. The van der Waals surface area contributed by atoms with E-state index < -0.39 is 0 Å². The van der Waals surface area contributed by atoms with Gasteiger partial charge in [0.25, 0.3) is 0 Å². The molecule has 0 aliphatic heterocycles. The third-order valence-corrected chi connectivity index (χ3v) is 2.01. The normalized spacial score (nSPS) is 11.2. The number of ether oxygens (including phenoxy) is 2. The fraction of sp³-hybridized carbons (Fsp3) is 0.800. The van der Waals surface area contributed by atoms with Crippen molar-refractivity contribution in [3.63, 3.8) is 0 Å². The summed E-state index contributed by atoms with van der Waals surface area (Å²) in [6.45, 7) is 7.55. The van der Waals surface area contributed by atoms with Crippen LogP contribution in [0.2, 0.25) is 0 Å². The summed E-state index contributed by atoms with van der Waals surface area (Å²) in [4.78, 5) is 0. The van der Waals surface area contributed by atoms with Crippen LogP contribution in [0.1, 0.15) is 13.8 Å². The van der Waals surface area contributed by atoms with E-state index in [9.17, 15) is 0 Å². The highest BCUT2D eigenvalue weighted by Crippen LogP contribution is 1.92. The zero-order valence-corrected chi connectivity index (χ0v) is 9.93. The summed E-state index contributed by atoms with van der Waals surface area (Å²) < 4.78 is 12.6. The van der Waals surface area contributed by atoms with Crippen LogP contribution in [-0.4, -0.2) is 47.6 Å². The van der Waals surface area contributed by atoms with Gasteiger partial charge in [-0.15, -0.1) is 5.10 Å². The Morgan fingerprint density at radius 2 is 2.06 bits per heavy atom. The van der Waals surface area contributed by atoms with E-state index in [-0.39, 0.29) is 6.29 Å². The van der Waals surface area contributed by atoms with Crippen molar-refractivity contribution in [2.24, 2.45) is 0 Å². The summed E-state index contributed by atoms with van der Waals surface area (Å²) in [5, 5.41) is 10.9. The second-order valence-electron chi connectivity index (χ2n) is 3.21. The number of nitrogens with zero attached hydrogens (tertiary/aromatic N) is 3. The van der Waals surface area contributed by atoms with Crippen LogP contribution in [-0.2, 0) is 16.0 Å². The van der Waals surface area contributed by atoms with Gasteiger partial charge in [-0.1, -0.05) is 5.21 Å². The summed E-state index contributed by atoms with van der Waals surface area (Å²) in [7, 11) is 0. The van der Waals surface area contributed by atoms with Gasteiger partial charge in [0.2, 0.25) is 0 Å². The lowest BCUT2D eigenvalue weighted by molar-refractivity contribution is -0.132. The second kappa shape index (κ2) is 8.20. The Morgan fingerprint density at radius 1 is 1.31 bits per heavy atom. The lowest BCUT2D eigenvalue weighted by Crippen LogP contribution is -2.33. The topological polar surface area (TPSA) is 61.2 Å². The van der Waals surface area contributed by atoms with Crippen molar-refractivity contribution in [1.29, 1.82) is 0 Å². The molecule has 6 heteroatoms. The highest BCUT2D eigenvalue weighted by molar-refractivity contribution is 4.64. The molecule has 0 radical (unpaired) electrons. The van der Waals surface area contributed by atoms with E-state index in [0.29, 0.717) is 19.8 Å². The molecule has 1 aromatic heterocycles. The zero-order valence-electron chi connectivity index (χ0n) is 9.93. The third-order valence-electron chi connectivity index (χ3n) is 2.01. The molecule has 1 rings (SSSR count). The van der Waals surface area contributed by atoms with E-state index in [1.165, 1.54) is 0 Å². The Morgan fingerprint density at radius 3 is 2.62 bits per heavy atom. The lowest BCUT2D eigenvalue weighted by atomic mass is 10.5. The first-order valence-corrected chi connectivity index (χ1v) is 5.64. The van der Waals surface area contributed by atoms with E-state index in [0.717, 1.165) is 13.1 Å². The van der Waals surface area contributed by atoms with Crippen LogP contribution in [0.25, 0.3) is 0 Å². The minimum atomic E-state index is -0.161. The van der Waals surface area contributed by atoms with Crippen molar-refractivity contribution in [1.82, 2.24) is 20.3 Å². The Bertz CT molecular complexity index is 247. The van der Waals surface area contributed by atoms with E-state index in [2.05, 4.69) is 15.6 Å². The maximum Gasteiger partial charge on any atom is 0.169 e. The van der Waals surface area contributed by atoms with Crippen LogP contribution in [0.5, 0.6) is 0 Å². The summed E-state index contributed by atoms with van der Waals surface area (Å²) in [6.07, 6.45) is 3.35. The lowest BCUT2D eigenvalue weighted by Gasteiger charge is -2.17. The maximum atomic E-state index is 5.40. The minimum Gasteiger partial charge on any atom is -0.352 e. The van der Waals surface area contributed by atoms with Crippen molar-refractivity contribution in [2.45, 2.75) is 26.7 Å². The molecule has 1 N–H and O–H groups in total. The monoisotopic (exact) mass is 228 g/mol. The number of rotatable bonds is 9. The van der Waals surface area contributed by atoms with Crippen molar-refractivity contribution >= 4 is 0 Å². The van der Waals surface area contributed by atoms with E-state index in [4.69, 9.17) is 9.47 Å². The number of hydrogen-bond acceptors (Lipinski definition) is 5. The molecule has 6 nitrogen and oxygen atoms in total. The fourth-order valence-corrected chi connectivity index (χ4v) is 1.30. The highest BCUT2D eigenvalue weighted by Gasteiger charge is 2.06.